The summed E-state index contributed by atoms with van der Waals surface area (Å²) in [7, 11) is 1.36. The average Bonchev–Trinajstić information content (AvgIpc) is 3.15. The number of fused-ring (bicyclic) bond motifs is 1. The highest BCUT2D eigenvalue weighted by Gasteiger charge is 2.31. The third-order valence-electron chi connectivity index (χ3n) is 5.67. The Morgan fingerprint density at radius 3 is 2.89 bits per heavy atom. The first-order valence-corrected chi connectivity index (χ1v) is 10.9. The number of likely N-dealkylation sites (tertiary alicyclic amines) is 1. The third-order valence-corrected chi connectivity index (χ3v) is 6.87. The summed E-state index contributed by atoms with van der Waals surface area (Å²) in [6.07, 6.45) is 2.99. The molecular formula is C21H30N3O3S+. The van der Waals surface area contributed by atoms with Crippen LogP contribution in [0.4, 0.5) is 0 Å². The van der Waals surface area contributed by atoms with Crippen molar-refractivity contribution in [3.63, 3.8) is 0 Å². The fraction of sp³-hybridized carbons (Fsp3) is 0.571. The molecule has 1 aliphatic rings. The van der Waals surface area contributed by atoms with E-state index >= 15 is 0 Å². The van der Waals surface area contributed by atoms with Crippen LogP contribution < -0.4 is 10.2 Å². The number of carbonyl (C=O) groups is 2. The first kappa shape index (κ1) is 20.7. The van der Waals surface area contributed by atoms with Crippen molar-refractivity contribution < 1.29 is 19.2 Å². The van der Waals surface area contributed by atoms with Gasteiger partial charge in [0.2, 0.25) is 0 Å². The molecule has 28 heavy (non-hydrogen) atoms. The largest absolute Gasteiger partial charge is 0.467 e. The first-order valence-electron chi connectivity index (χ1n) is 10.1. The Hall–Kier alpha value is -1.99. The molecule has 1 aromatic carbocycles. The number of quaternary nitrogens is 1. The predicted octanol–water partition coefficient (Wildman–Crippen LogP) is 1.76. The van der Waals surface area contributed by atoms with Crippen LogP contribution in [0.5, 0.6) is 0 Å². The molecule has 0 radical (unpaired) electrons. The topological polar surface area (TPSA) is 72.7 Å². The summed E-state index contributed by atoms with van der Waals surface area (Å²) in [5, 5.41) is 4.07. The van der Waals surface area contributed by atoms with Crippen molar-refractivity contribution in [3.05, 3.63) is 29.3 Å². The SMILES string of the molecule is CC[C@@H](C)[C@@H](NC(=O)C[NH+]1CCC[C@H](c2nc3ccccc3s2)C1)C(=O)OC. The van der Waals surface area contributed by atoms with Crippen LogP contribution in [0.25, 0.3) is 10.2 Å². The van der Waals surface area contributed by atoms with Crippen LogP contribution in [0.15, 0.2) is 24.3 Å². The van der Waals surface area contributed by atoms with E-state index in [0.717, 1.165) is 37.9 Å². The van der Waals surface area contributed by atoms with Crippen molar-refractivity contribution in [2.45, 2.75) is 45.1 Å². The number of para-hydroxylation sites is 1. The Balaban J connectivity index is 1.60. The molecule has 0 bridgehead atoms. The molecule has 3 rings (SSSR count). The van der Waals surface area contributed by atoms with E-state index in [-0.39, 0.29) is 17.8 Å². The zero-order chi connectivity index (χ0) is 20.1. The number of ether oxygens (including phenoxy) is 1. The third kappa shape index (κ3) is 4.89. The van der Waals surface area contributed by atoms with Gasteiger partial charge in [-0.3, -0.25) is 4.79 Å². The molecule has 2 N–H and O–H groups in total. The van der Waals surface area contributed by atoms with Gasteiger partial charge >= 0.3 is 5.97 Å². The second-order valence-electron chi connectivity index (χ2n) is 7.69. The molecule has 1 fully saturated rings. The lowest BCUT2D eigenvalue weighted by Gasteiger charge is -2.29. The van der Waals surface area contributed by atoms with Crippen LogP contribution in [-0.4, -0.2) is 49.6 Å². The van der Waals surface area contributed by atoms with E-state index in [1.807, 2.05) is 26.0 Å². The fourth-order valence-electron chi connectivity index (χ4n) is 3.83. The molecule has 0 spiro atoms. The monoisotopic (exact) mass is 404 g/mol. The van der Waals surface area contributed by atoms with Crippen LogP contribution in [-0.2, 0) is 14.3 Å². The van der Waals surface area contributed by atoms with Crippen LogP contribution >= 0.6 is 11.3 Å². The van der Waals surface area contributed by atoms with Crippen molar-refractivity contribution in [1.29, 1.82) is 0 Å². The number of rotatable bonds is 7. The van der Waals surface area contributed by atoms with Crippen molar-refractivity contribution >= 4 is 33.4 Å². The zero-order valence-electron chi connectivity index (χ0n) is 16.9. The van der Waals surface area contributed by atoms with E-state index in [0.29, 0.717) is 12.5 Å². The minimum absolute atomic E-state index is 0.0447. The summed E-state index contributed by atoms with van der Waals surface area (Å²) in [6, 6.07) is 7.65. The van der Waals surface area contributed by atoms with Crippen LogP contribution in [0, 0.1) is 5.92 Å². The summed E-state index contributed by atoms with van der Waals surface area (Å²) in [6.45, 7) is 6.22. The smallest absolute Gasteiger partial charge is 0.328 e. The van der Waals surface area contributed by atoms with Gasteiger partial charge in [0, 0.05) is 0 Å². The average molecular weight is 405 g/mol. The predicted molar refractivity (Wildman–Crippen MR) is 111 cm³/mol. The molecule has 0 aliphatic carbocycles. The Bertz CT molecular complexity index is 789. The number of carbonyl (C=O) groups excluding carboxylic acids is 2. The van der Waals surface area contributed by atoms with Gasteiger partial charge in [-0.2, -0.15) is 0 Å². The lowest BCUT2D eigenvalue weighted by molar-refractivity contribution is -0.898. The molecule has 1 aliphatic heterocycles. The van der Waals surface area contributed by atoms with Gasteiger partial charge in [0.25, 0.3) is 5.91 Å². The fourth-order valence-corrected chi connectivity index (χ4v) is 4.94. The van der Waals surface area contributed by atoms with Gasteiger partial charge in [-0.25, -0.2) is 9.78 Å². The van der Waals surface area contributed by atoms with E-state index in [2.05, 4.69) is 17.4 Å². The Labute approximate surface area is 170 Å². The van der Waals surface area contributed by atoms with E-state index < -0.39 is 6.04 Å². The lowest BCUT2D eigenvalue weighted by Crippen LogP contribution is -3.14. The van der Waals surface area contributed by atoms with Crippen LogP contribution in [0.1, 0.15) is 44.0 Å². The minimum Gasteiger partial charge on any atom is -0.467 e. The number of thiazole rings is 1. The number of piperidine rings is 1. The van der Waals surface area contributed by atoms with Gasteiger partial charge in [-0.05, 0) is 30.9 Å². The number of benzene rings is 1. The summed E-state index contributed by atoms with van der Waals surface area (Å²) >= 11 is 1.76. The van der Waals surface area contributed by atoms with Gasteiger partial charge in [-0.1, -0.05) is 32.4 Å². The number of amides is 1. The van der Waals surface area contributed by atoms with Gasteiger partial charge in [0.15, 0.2) is 6.54 Å². The minimum atomic E-state index is -0.577. The normalized spacial score (nSPS) is 21.8. The number of hydrogen-bond acceptors (Lipinski definition) is 5. The lowest BCUT2D eigenvalue weighted by atomic mass is 9.98. The van der Waals surface area contributed by atoms with E-state index in [9.17, 15) is 9.59 Å². The van der Waals surface area contributed by atoms with Crippen molar-refractivity contribution in [3.8, 4) is 0 Å². The molecule has 6 nitrogen and oxygen atoms in total. The molecule has 1 aromatic heterocycles. The highest BCUT2D eigenvalue weighted by molar-refractivity contribution is 7.18. The number of esters is 1. The van der Waals surface area contributed by atoms with Crippen molar-refractivity contribution in [1.82, 2.24) is 10.3 Å². The molecule has 1 amide bonds. The molecule has 152 valence electrons. The zero-order valence-corrected chi connectivity index (χ0v) is 17.7. The van der Waals surface area contributed by atoms with Crippen molar-refractivity contribution in [2.75, 3.05) is 26.7 Å². The number of aromatic nitrogens is 1. The maximum Gasteiger partial charge on any atom is 0.328 e. The van der Waals surface area contributed by atoms with E-state index in [1.165, 1.54) is 21.7 Å². The van der Waals surface area contributed by atoms with E-state index in [4.69, 9.17) is 9.72 Å². The summed E-state index contributed by atoms with van der Waals surface area (Å²) in [5.41, 5.74) is 1.06. The molecular weight excluding hydrogens is 374 g/mol. The standard InChI is InChI=1S/C21H29N3O3S/c1-4-14(2)19(21(26)27-3)23-18(25)13-24-11-7-8-15(12-24)20-22-16-9-5-6-10-17(16)28-20/h5-6,9-10,14-15,19H,4,7-8,11-13H2,1-3H3,(H,23,25)/p+1/t14-,15+,19-/m1/s1. The first-order chi connectivity index (χ1) is 13.5. The Morgan fingerprint density at radius 2 is 2.18 bits per heavy atom. The number of nitrogens with zero attached hydrogens (tertiary/aromatic N) is 1. The van der Waals surface area contributed by atoms with Crippen molar-refractivity contribution in [2.24, 2.45) is 5.92 Å². The molecule has 0 saturated carbocycles. The molecule has 2 aromatic rings. The highest BCUT2D eigenvalue weighted by Crippen LogP contribution is 2.30. The van der Waals surface area contributed by atoms with Gasteiger partial charge in [0.05, 0.1) is 36.3 Å². The second kappa shape index (κ2) is 9.47. The summed E-state index contributed by atoms with van der Waals surface area (Å²) < 4.78 is 6.08. The summed E-state index contributed by atoms with van der Waals surface area (Å²) in [5.74, 6) is -0.0254. The molecule has 4 atom stereocenters. The Morgan fingerprint density at radius 1 is 1.39 bits per heavy atom. The maximum absolute atomic E-state index is 12.6. The molecule has 1 saturated heterocycles. The second-order valence-corrected chi connectivity index (χ2v) is 8.76. The quantitative estimate of drug-likeness (QED) is 0.690. The van der Waals surface area contributed by atoms with Crippen LogP contribution in [0.2, 0.25) is 0 Å². The summed E-state index contributed by atoms with van der Waals surface area (Å²) in [4.78, 5) is 30.7. The number of nitrogens with one attached hydrogen (secondary N) is 2. The molecule has 1 unspecified atom stereocenters. The van der Waals surface area contributed by atoms with Gasteiger partial charge in [0.1, 0.15) is 11.0 Å². The van der Waals surface area contributed by atoms with Gasteiger partial charge < -0.3 is 15.0 Å². The number of methoxy groups -OCH3 is 1. The highest BCUT2D eigenvalue weighted by atomic mass is 32.1. The molecule has 7 heteroatoms. The maximum atomic E-state index is 12.6. The van der Waals surface area contributed by atoms with E-state index in [1.54, 1.807) is 11.3 Å². The van der Waals surface area contributed by atoms with Crippen LogP contribution in [0.3, 0.4) is 0 Å². The van der Waals surface area contributed by atoms with Gasteiger partial charge in [-0.15, -0.1) is 11.3 Å². The Kier molecular flexibility index (Phi) is 7.02. The number of hydrogen-bond donors (Lipinski definition) is 2. The molecule has 2 heterocycles.